The predicted molar refractivity (Wildman–Crippen MR) is 71.5 cm³/mol. The SMILES string of the molecule is CCC(C)CN(CC)C(=O)NCC(C)(C)C(=O)O. The number of carbonyl (C=O) groups excluding carboxylic acids is 1. The van der Waals surface area contributed by atoms with Gasteiger partial charge in [-0.1, -0.05) is 20.3 Å². The van der Waals surface area contributed by atoms with E-state index < -0.39 is 11.4 Å². The molecule has 0 fully saturated rings. The van der Waals surface area contributed by atoms with Gasteiger partial charge in [-0.2, -0.15) is 0 Å². The van der Waals surface area contributed by atoms with Crippen LogP contribution in [0, 0.1) is 11.3 Å². The van der Waals surface area contributed by atoms with Gasteiger partial charge >= 0.3 is 12.0 Å². The van der Waals surface area contributed by atoms with E-state index in [9.17, 15) is 9.59 Å². The van der Waals surface area contributed by atoms with Crippen LogP contribution in [0.3, 0.4) is 0 Å². The molecule has 0 aromatic heterocycles. The Kier molecular flexibility index (Phi) is 6.73. The number of aliphatic carboxylic acids is 1. The van der Waals surface area contributed by atoms with E-state index in [4.69, 9.17) is 5.11 Å². The van der Waals surface area contributed by atoms with Crippen molar-refractivity contribution < 1.29 is 14.7 Å². The first-order chi connectivity index (χ1) is 8.24. The molecule has 2 N–H and O–H groups in total. The van der Waals surface area contributed by atoms with E-state index in [-0.39, 0.29) is 12.6 Å². The summed E-state index contributed by atoms with van der Waals surface area (Å²) in [5.74, 6) is -0.462. The molecule has 106 valence electrons. The second-order valence-electron chi connectivity index (χ2n) is 5.40. The normalized spacial score (nSPS) is 12.9. The smallest absolute Gasteiger partial charge is 0.317 e. The summed E-state index contributed by atoms with van der Waals surface area (Å²) in [5.41, 5.74) is -0.939. The maximum atomic E-state index is 11.9. The molecule has 0 aliphatic heterocycles. The minimum Gasteiger partial charge on any atom is -0.481 e. The van der Waals surface area contributed by atoms with Crippen molar-refractivity contribution in [3.63, 3.8) is 0 Å². The number of nitrogens with one attached hydrogen (secondary N) is 1. The van der Waals surface area contributed by atoms with Gasteiger partial charge in [0.25, 0.3) is 0 Å². The lowest BCUT2D eigenvalue weighted by Crippen LogP contribution is -2.46. The fourth-order valence-corrected chi connectivity index (χ4v) is 1.34. The molecule has 0 bridgehead atoms. The average molecular weight is 258 g/mol. The highest BCUT2D eigenvalue weighted by molar-refractivity contribution is 5.77. The van der Waals surface area contributed by atoms with E-state index in [0.29, 0.717) is 19.0 Å². The van der Waals surface area contributed by atoms with Gasteiger partial charge in [0, 0.05) is 19.6 Å². The molecule has 0 saturated heterocycles. The van der Waals surface area contributed by atoms with E-state index in [1.165, 1.54) is 0 Å². The summed E-state index contributed by atoms with van der Waals surface area (Å²) in [4.78, 5) is 24.6. The topological polar surface area (TPSA) is 69.6 Å². The van der Waals surface area contributed by atoms with Crippen LogP contribution in [0.1, 0.15) is 41.0 Å². The predicted octanol–water partition coefficient (Wildman–Crippen LogP) is 2.17. The van der Waals surface area contributed by atoms with Crippen LogP contribution in [0.4, 0.5) is 4.79 Å². The summed E-state index contributed by atoms with van der Waals surface area (Å²) in [6, 6.07) is -0.188. The number of amides is 2. The van der Waals surface area contributed by atoms with Crippen LogP contribution < -0.4 is 5.32 Å². The first-order valence-electron chi connectivity index (χ1n) is 6.50. The number of hydrogen-bond donors (Lipinski definition) is 2. The Morgan fingerprint density at radius 1 is 1.33 bits per heavy atom. The van der Waals surface area contributed by atoms with Gasteiger partial charge in [-0.05, 0) is 26.7 Å². The third kappa shape index (κ3) is 5.38. The molecule has 0 rings (SSSR count). The fourth-order valence-electron chi connectivity index (χ4n) is 1.34. The van der Waals surface area contributed by atoms with Gasteiger partial charge in [-0.3, -0.25) is 4.79 Å². The number of hydrogen-bond acceptors (Lipinski definition) is 2. The Morgan fingerprint density at radius 2 is 1.89 bits per heavy atom. The molecule has 5 heteroatoms. The number of urea groups is 1. The van der Waals surface area contributed by atoms with Crippen LogP contribution in [0.5, 0.6) is 0 Å². The summed E-state index contributed by atoms with van der Waals surface area (Å²) < 4.78 is 0. The largest absolute Gasteiger partial charge is 0.481 e. The number of carbonyl (C=O) groups is 2. The van der Waals surface area contributed by atoms with Crippen molar-refractivity contribution in [3.05, 3.63) is 0 Å². The van der Waals surface area contributed by atoms with Gasteiger partial charge in [0.15, 0.2) is 0 Å². The molecule has 0 heterocycles. The lowest BCUT2D eigenvalue weighted by Gasteiger charge is -2.26. The Hall–Kier alpha value is -1.26. The lowest BCUT2D eigenvalue weighted by molar-refractivity contribution is -0.146. The Bertz CT molecular complexity index is 290. The van der Waals surface area contributed by atoms with Crippen molar-refractivity contribution in [3.8, 4) is 0 Å². The van der Waals surface area contributed by atoms with Gasteiger partial charge in [-0.15, -0.1) is 0 Å². The summed E-state index contributed by atoms with van der Waals surface area (Å²) >= 11 is 0. The van der Waals surface area contributed by atoms with Crippen molar-refractivity contribution >= 4 is 12.0 Å². The van der Waals surface area contributed by atoms with E-state index in [1.807, 2.05) is 6.92 Å². The third-order valence-electron chi connectivity index (χ3n) is 3.16. The standard InChI is InChI=1S/C13H26N2O3/c1-6-10(3)8-15(7-2)12(18)14-9-13(4,5)11(16)17/h10H,6-9H2,1-5H3,(H,14,18)(H,16,17). The van der Waals surface area contributed by atoms with Crippen LogP contribution >= 0.6 is 0 Å². The highest BCUT2D eigenvalue weighted by Gasteiger charge is 2.28. The Labute approximate surface area is 110 Å². The quantitative estimate of drug-likeness (QED) is 0.735. The van der Waals surface area contributed by atoms with Crippen molar-refractivity contribution in [1.29, 1.82) is 0 Å². The molecule has 0 radical (unpaired) electrons. The minimum atomic E-state index is -0.939. The second kappa shape index (κ2) is 7.24. The maximum Gasteiger partial charge on any atom is 0.317 e. The number of rotatable bonds is 7. The first-order valence-corrected chi connectivity index (χ1v) is 6.50. The summed E-state index contributed by atoms with van der Waals surface area (Å²) in [6.07, 6.45) is 1.02. The van der Waals surface area contributed by atoms with Crippen LogP contribution in [-0.4, -0.2) is 41.6 Å². The van der Waals surface area contributed by atoms with Gasteiger partial charge in [0.1, 0.15) is 0 Å². The van der Waals surface area contributed by atoms with E-state index in [0.717, 1.165) is 6.42 Å². The van der Waals surface area contributed by atoms with Crippen LogP contribution in [0.25, 0.3) is 0 Å². The van der Waals surface area contributed by atoms with Crippen molar-refractivity contribution in [2.24, 2.45) is 11.3 Å². The zero-order valence-corrected chi connectivity index (χ0v) is 12.1. The Morgan fingerprint density at radius 3 is 2.28 bits per heavy atom. The van der Waals surface area contributed by atoms with Crippen LogP contribution in [-0.2, 0) is 4.79 Å². The number of nitrogens with zero attached hydrogens (tertiary/aromatic N) is 1. The zero-order chi connectivity index (χ0) is 14.3. The molecule has 0 aromatic carbocycles. The fraction of sp³-hybridized carbons (Fsp3) is 0.846. The van der Waals surface area contributed by atoms with Crippen LogP contribution in [0.15, 0.2) is 0 Å². The first kappa shape index (κ1) is 16.7. The molecule has 2 amide bonds. The molecule has 18 heavy (non-hydrogen) atoms. The molecule has 0 aromatic rings. The monoisotopic (exact) mass is 258 g/mol. The zero-order valence-electron chi connectivity index (χ0n) is 12.1. The van der Waals surface area contributed by atoms with Gasteiger partial charge < -0.3 is 15.3 Å². The average Bonchev–Trinajstić information content (AvgIpc) is 2.32. The molecule has 0 aliphatic carbocycles. The maximum absolute atomic E-state index is 11.9. The lowest BCUT2D eigenvalue weighted by atomic mass is 9.94. The third-order valence-corrected chi connectivity index (χ3v) is 3.16. The molecular weight excluding hydrogens is 232 g/mol. The van der Waals surface area contributed by atoms with Gasteiger partial charge in [-0.25, -0.2) is 4.79 Å². The molecular formula is C13H26N2O3. The number of carboxylic acids is 1. The van der Waals surface area contributed by atoms with Crippen molar-refractivity contribution in [1.82, 2.24) is 10.2 Å². The second-order valence-corrected chi connectivity index (χ2v) is 5.40. The van der Waals surface area contributed by atoms with Crippen molar-refractivity contribution in [2.45, 2.75) is 41.0 Å². The van der Waals surface area contributed by atoms with E-state index in [2.05, 4.69) is 19.2 Å². The van der Waals surface area contributed by atoms with Gasteiger partial charge in [0.05, 0.1) is 5.41 Å². The molecule has 0 spiro atoms. The summed E-state index contributed by atoms with van der Waals surface area (Å²) in [7, 11) is 0. The highest BCUT2D eigenvalue weighted by Crippen LogP contribution is 2.13. The van der Waals surface area contributed by atoms with E-state index in [1.54, 1.807) is 18.7 Å². The molecule has 0 aliphatic rings. The summed E-state index contributed by atoms with van der Waals surface area (Å²) in [6.45, 7) is 10.8. The van der Waals surface area contributed by atoms with Crippen LogP contribution in [0.2, 0.25) is 0 Å². The molecule has 0 saturated carbocycles. The summed E-state index contributed by atoms with van der Waals surface area (Å²) in [5, 5.41) is 11.7. The molecule has 5 nitrogen and oxygen atoms in total. The number of carboxylic acid groups (broad SMARTS) is 1. The Balaban J connectivity index is 4.33. The van der Waals surface area contributed by atoms with E-state index >= 15 is 0 Å². The molecule has 1 unspecified atom stereocenters. The highest BCUT2D eigenvalue weighted by atomic mass is 16.4. The minimum absolute atomic E-state index is 0.137. The van der Waals surface area contributed by atoms with Crippen molar-refractivity contribution in [2.75, 3.05) is 19.6 Å². The molecule has 1 atom stereocenters. The van der Waals surface area contributed by atoms with Gasteiger partial charge in [0.2, 0.25) is 0 Å².